The lowest BCUT2D eigenvalue weighted by atomic mass is 10.2. The fraction of sp³-hybridized carbons (Fsp3) is 0.125. The number of anilines is 1. The molecule has 3 aromatic rings. The Morgan fingerprint density at radius 3 is 3.04 bits per heavy atom. The summed E-state index contributed by atoms with van der Waals surface area (Å²) in [5, 5.41) is 10.1. The number of H-pyrrole nitrogens is 1. The Labute approximate surface area is 132 Å². The normalized spacial score (nSPS) is 10.3. The van der Waals surface area contributed by atoms with E-state index in [9.17, 15) is 4.79 Å². The van der Waals surface area contributed by atoms with Crippen molar-refractivity contribution >= 4 is 22.6 Å². The zero-order valence-electron chi connectivity index (χ0n) is 12.3. The second-order valence-electron chi connectivity index (χ2n) is 4.80. The number of hydrogen-bond acceptors (Lipinski definition) is 5. The fourth-order valence-corrected chi connectivity index (χ4v) is 1.99. The highest BCUT2D eigenvalue weighted by molar-refractivity contribution is 6.02. The average Bonchev–Trinajstić information content (AvgIpc) is 2.97. The largest absolute Gasteiger partial charge is 0.481 e. The molecule has 2 heterocycles. The van der Waals surface area contributed by atoms with Gasteiger partial charge >= 0.3 is 0 Å². The van der Waals surface area contributed by atoms with Gasteiger partial charge in [-0.05, 0) is 25.1 Å². The van der Waals surface area contributed by atoms with Crippen LogP contribution in [-0.2, 0) is 0 Å². The van der Waals surface area contributed by atoms with Crippen LogP contribution in [0.1, 0.15) is 16.3 Å². The number of nitrogens with zero attached hydrogens (tertiary/aromatic N) is 3. The first kappa shape index (κ1) is 14.5. The number of aryl methyl sites for hydroxylation is 1. The molecule has 0 aliphatic heterocycles. The molecule has 0 saturated heterocycles. The number of rotatable bonds is 4. The van der Waals surface area contributed by atoms with Crippen molar-refractivity contribution in [2.45, 2.75) is 6.92 Å². The van der Waals surface area contributed by atoms with Crippen LogP contribution in [0.2, 0.25) is 0 Å². The van der Waals surface area contributed by atoms with Crippen LogP contribution in [0, 0.1) is 19.3 Å². The van der Waals surface area contributed by atoms with E-state index in [1.165, 1.54) is 0 Å². The van der Waals surface area contributed by atoms with Crippen LogP contribution >= 0.6 is 0 Å². The number of carbonyl (C=O) groups excluding carboxylic acids is 1. The third kappa shape index (κ3) is 3.27. The lowest BCUT2D eigenvalue weighted by Gasteiger charge is -2.05. The van der Waals surface area contributed by atoms with Crippen LogP contribution in [-0.4, -0.2) is 32.7 Å². The Hall–Kier alpha value is -3.40. The number of hydrogen-bond donors (Lipinski definition) is 2. The standard InChI is InChI=1S/C16H13N5O2/c1-3-6-23-12-4-5-13-11(8-12)9-17-15(18-13)16(22)19-14-7-10(2)20-21-14/h1,4-5,7-9H,6H2,2H3,(H2,19,20,21,22). The van der Waals surface area contributed by atoms with Gasteiger partial charge in [0, 0.05) is 23.3 Å². The molecule has 1 amide bonds. The number of carbonyl (C=O) groups is 1. The highest BCUT2D eigenvalue weighted by Gasteiger charge is 2.12. The number of amides is 1. The Bertz CT molecular complexity index is 910. The molecule has 0 spiro atoms. The molecule has 7 nitrogen and oxygen atoms in total. The Morgan fingerprint density at radius 2 is 2.30 bits per heavy atom. The van der Waals surface area contributed by atoms with E-state index in [-0.39, 0.29) is 12.4 Å². The summed E-state index contributed by atoms with van der Waals surface area (Å²) in [7, 11) is 0. The molecule has 0 saturated carbocycles. The van der Waals surface area contributed by atoms with Crippen LogP contribution in [0.3, 0.4) is 0 Å². The van der Waals surface area contributed by atoms with Crippen LogP contribution in [0.4, 0.5) is 5.82 Å². The predicted octanol–water partition coefficient (Wildman–Crippen LogP) is 1.93. The minimum Gasteiger partial charge on any atom is -0.481 e. The Morgan fingerprint density at radius 1 is 1.43 bits per heavy atom. The molecular weight excluding hydrogens is 294 g/mol. The van der Waals surface area contributed by atoms with Gasteiger partial charge in [0.15, 0.2) is 5.82 Å². The number of fused-ring (bicyclic) bond motifs is 1. The third-order valence-electron chi connectivity index (χ3n) is 3.02. The predicted molar refractivity (Wildman–Crippen MR) is 85.1 cm³/mol. The molecule has 3 rings (SSSR count). The first-order valence-corrected chi connectivity index (χ1v) is 6.82. The maximum absolute atomic E-state index is 12.1. The number of ether oxygens (including phenoxy) is 1. The molecule has 0 aliphatic rings. The summed E-state index contributed by atoms with van der Waals surface area (Å²) < 4.78 is 5.34. The van der Waals surface area contributed by atoms with Crippen molar-refractivity contribution in [1.29, 1.82) is 0 Å². The molecule has 2 N–H and O–H groups in total. The van der Waals surface area contributed by atoms with Gasteiger partial charge < -0.3 is 10.1 Å². The second kappa shape index (κ2) is 6.15. The average molecular weight is 307 g/mol. The quantitative estimate of drug-likeness (QED) is 0.718. The molecule has 0 fully saturated rings. The minimum absolute atomic E-state index is 0.0652. The molecule has 0 unspecified atom stereocenters. The number of terminal acetylenes is 1. The summed E-state index contributed by atoms with van der Waals surface area (Å²) in [6, 6.07) is 6.98. The summed E-state index contributed by atoms with van der Waals surface area (Å²) in [4.78, 5) is 20.5. The molecule has 2 aromatic heterocycles. The Balaban J connectivity index is 1.82. The topological polar surface area (TPSA) is 92.8 Å². The molecular formula is C16H13N5O2. The lowest BCUT2D eigenvalue weighted by molar-refractivity contribution is 0.101. The number of aromatic amines is 1. The molecule has 0 bridgehead atoms. The van der Waals surface area contributed by atoms with Gasteiger partial charge in [0.1, 0.15) is 12.4 Å². The zero-order valence-corrected chi connectivity index (χ0v) is 12.3. The molecule has 0 atom stereocenters. The van der Waals surface area contributed by atoms with Gasteiger partial charge in [-0.2, -0.15) is 5.10 Å². The SMILES string of the molecule is C#CCOc1ccc2nc(C(=O)Nc3cc(C)[nH]n3)ncc2c1. The van der Waals surface area contributed by atoms with E-state index in [2.05, 4.69) is 31.4 Å². The summed E-state index contributed by atoms with van der Waals surface area (Å²) in [5.74, 6) is 3.09. The van der Waals surface area contributed by atoms with Gasteiger partial charge in [0.25, 0.3) is 5.91 Å². The number of aromatic nitrogens is 4. The van der Waals surface area contributed by atoms with Crippen molar-refractivity contribution < 1.29 is 9.53 Å². The van der Waals surface area contributed by atoms with Crippen LogP contribution < -0.4 is 10.1 Å². The monoisotopic (exact) mass is 307 g/mol. The van der Waals surface area contributed by atoms with Crippen molar-refractivity contribution in [3.63, 3.8) is 0 Å². The van der Waals surface area contributed by atoms with E-state index in [0.717, 1.165) is 11.1 Å². The van der Waals surface area contributed by atoms with E-state index in [1.807, 2.05) is 6.92 Å². The van der Waals surface area contributed by atoms with Gasteiger partial charge in [0.2, 0.25) is 5.82 Å². The fourth-order valence-electron chi connectivity index (χ4n) is 1.99. The van der Waals surface area contributed by atoms with Gasteiger partial charge in [0.05, 0.1) is 5.52 Å². The summed E-state index contributed by atoms with van der Waals surface area (Å²) in [6.07, 6.45) is 6.72. The van der Waals surface area contributed by atoms with Crippen molar-refractivity contribution in [2.75, 3.05) is 11.9 Å². The van der Waals surface area contributed by atoms with Crippen molar-refractivity contribution in [1.82, 2.24) is 20.2 Å². The molecule has 23 heavy (non-hydrogen) atoms. The van der Waals surface area contributed by atoms with E-state index in [0.29, 0.717) is 17.1 Å². The van der Waals surface area contributed by atoms with Crippen LogP contribution in [0.15, 0.2) is 30.5 Å². The molecule has 1 aromatic carbocycles. The molecule has 0 radical (unpaired) electrons. The highest BCUT2D eigenvalue weighted by atomic mass is 16.5. The molecule has 114 valence electrons. The lowest BCUT2D eigenvalue weighted by Crippen LogP contribution is -2.15. The van der Waals surface area contributed by atoms with Gasteiger partial charge in [-0.25, -0.2) is 9.97 Å². The second-order valence-corrected chi connectivity index (χ2v) is 4.80. The van der Waals surface area contributed by atoms with E-state index in [4.69, 9.17) is 11.2 Å². The first-order chi connectivity index (χ1) is 11.2. The van der Waals surface area contributed by atoms with E-state index in [1.54, 1.807) is 30.5 Å². The van der Waals surface area contributed by atoms with Crippen molar-refractivity contribution in [3.05, 3.63) is 42.0 Å². The van der Waals surface area contributed by atoms with E-state index < -0.39 is 5.91 Å². The zero-order chi connectivity index (χ0) is 16.2. The summed E-state index contributed by atoms with van der Waals surface area (Å²) >= 11 is 0. The van der Waals surface area contributed by atoms with Gasteiger partial charge in [-0.1, -0.05) is 5.92 Å². The van der Waals surface area contributed by atoms with Crippen LogP contribution in [0.5, 0.6) is 5.75 Å². The van der Waals surface area contributed by atoms with Crippen molar-refractivity contribution in [2.24, 2.45) is 0 Å². The van der Waals surface area contributed by atoms with Crippen LogP contribution in [0.25, 0.3) is 10.9 Å². The highest BCUT2D eigenvalue weighted by Crippen LogP contribution is 2.19. The van der Waals surface area contributed by atoms with Crippen molar-refractivity contribution in [3.8, 4) is 18.1 Å². The summed E-state index contributed by atoms with van der Waals surface area (Å²) in [6.45, 7) is 2.03. The number of benzene rings is 1. The third-order valence-corrected chi connectivity index (χ3v) is 3.02. The maximum Gasteiger partial charge on any atom is 0.294 e. The number of nitrogens with one attached hydrogen (secondary N) is 2. The molecule has 7 heteroatoms. The smallest absolute Gasteiger partial charge is 0.294 e. The Kier molecular flexibility index (Phi) is 3.89. The minimum atomic E-state index is -0.425. The maximum atomic E-state index is 12.1. The summed E-state index contributed by atoms with van der Waals surface area (Å²) in [5.41, 5.74) is 1.48. The van der Waals surface area contributed by atoms with E-state index >= 15 is 0 Å². The van der Waals surface area contributed by atoms with Gasteiger partial charge in [-0.15, -0.1) is 6.42 Å². The molecule has 0 aliphatic carbocycles. The first-order valence-electron chi connectivity index (χ1n) is 6.82. The van der Waals surface area contributed by atoms with Gasteiger partial charge in [-0.3, -0.25) is 9.89 Å².